The van der Waals surface area contributed by atoms with Crippen LogP contribution in [0.5, 0.6) is 0 Å². The van der Waals surface area contributed by atoms with E-state index in [0.717, 1.165) is 30.6 Å². The van der Waals surface area contributed by atoms with Gasteiger partial charge in [-0.1, -0.05) is 25.0 Å². The Morgan fingerprint density at radius 2 is 1.69 bits per heavy atom. The van der Waals surface area contributed by atoms with Crippen LogP contribution in [-0.4, -0.2) is 53.3 Å². The number of urea groups is 1. The number of carbonyl (C=O) groups excluding carboxylic acids is 5. The van der Waals surface area contributed by atoms with Crippen LogP contribution < -0.4 is 10.6 Å². The van der Waals surface area contributed by atoms with Crippen molar-refractivity contribution in [1.29, 1.82) is 0 Å². The fourth-order valence-electron chi connectivity index (χ4n) is 3.46. The maximum atomic E-state index is 12.3. The molecule has 9 nitrogen and oxygen atoms in total. The van der Waals surface area contributed by atoms with Gasteiger partial charge in [0, 0.05) is 12.6 Å². The minimum absolute atomic E-state index is 0.0558. The van der Waals surface area contributed by atoms with Gasteiger partial charge in [0.05, 0.1) is 17.5 Å². The third-order valence-corrected chi connectivity index (χ3v) is 5.02. The molecule has 3 rings (SSSR count). The van der Waals surface area contributed by atoms with Gasteiger partial charge in [-0.3, -0.25) is 29.4 Å². The number of rotatable bonds is 6. The van der Waals surface area contributed by atoms with Crippen LogP contribution in [0.4, 0.5) is 4.79 Å². The summed E-state index contributed by atoms with van der Waals surface area (Å²) < 4.78 is 5.01. The molecular weight excluding hydrogens is 378 g/mol. The number of fused-ring (bicyclic) bond motifs is 1. The smallest absolute Gasteiger partial charge is 0.321 e. The Morgan fingerprint density at radius 1 is 1.10 bits per heavy atom. The van der Waals surface area contributed by atoms with Gasteiger partial charge >= 0.3 is 12.0 Å². The van der Waals surface area contributed by atoms with Gasteiger partial charge in [0.1, 0.15) is 0 Å². The summed E-state index contributed by atoms with van der Waals surface area (Å²) in [5, 5.41) is 4.86. The molecule has 1 heterocycles. The Labute approximate surface area is 167 Å². The maximum absolute atomic E-state index is 12.3. The van der Waals surface area contributed by atoms with E-state index in [9.17, 15) is 24.0 Å². The van der Waals surface area contributed by atoms with Gasteiger partial charge in [-0.05, 0) is 31.9 Å². The minimum Gasteiger partial charge on any atom is -0.452 e. The number of amides is 5. The summed E-state index contributed by atoms with van der Waals surface area (Å²) in [6.45, 7) is 1.19. The Hall–Kier alpha value is -3.23. The van der Waals surface area contributed by atoms with Gasteiger partial charge in [-0.15, -0.1) is 0 Å². The number of carbonyl (C=O) groups is 5. The number of hydrogen-bond acceptors (Lipinski definition) is 6. The molecule has 0 spiro atoms. The molecule has 0 aromatic heterocycles. The van der Waals surface area contributed by atoms with Crippen LogP contribution >= 0.6 is 0 Å². The lowest BCUT2D eigenvalue weighted by Crippen LogP contribution is -2.47. The van der Waals surface area contributed by atoms with Gasteiger partial charge in [0.25, 0.3) is 17.7 Å². The van der Waals surface area contributed by atoms with Crippen molar-refractivity contribution in [2.75, 3.05) is 6.54 Å². The summed E-state index contributed by atoms with van der Waals surface area (Å²) in [6, 6.07) is 5.86. The predicted molar refractivity (Wildman–Crippen MR) is 101 cm³/mol. The zero-order chi connectivity index (χ0) is 21.0. The monoisotopic (exact) mass is 401 g/mol. The van der Waals surface area contributed by atoms with Crippen molar-refractivity contribution in [3.05, 3.63) is 35.4 Å². The first-order valence-corrected chi connectivity index (χ1v) is 9.63. The highest BCUT2D eigenvalue weighted by molar-refractivity contribution is 6.21. The Morgan fingerprint density at radius 3 is 2.28 bits per heavy atom. The highest BCUT2D eigenvalue weighted by Crippen LogP contribution is 2.22. The van der Waals surface area contributed by atoms with Crippen molar-refractivity contribution >= 4 is 29.7 Å². The van der Waals surface area contributed by atoms with Crippen LogP contribution in [-0.2, 0) is 14.3 Å². The molecule has 0 radical (unpaired) electrons. The molecule has 0 saturated heterocycles. The van der Waals surface area contributed by atoms with Crippen molar-refractivity contribution in [3.8, 4) is 0 Å². The van der Waals surface area contributed by atoms with Crippen molar-refractivity contribution < 1.29 is 28.7 Å². The van der Waals surface area contributed by atoms with Gasteiger partial charge in [-0.25, -0.2) is 4.79 Å². The van der Waals surface area contributed by atoms with E-state index in [4.69, 9.17) is 4.74 Å². The Kier molecular flexibility index (Phi) is 6.26. The number of esters is 1. The molecule has 9 heteroatoms. The first kappa shape index (κ1) is 20.5. The van der Waals surface area contributed by atoms with E-state index in [1.54, 1.807) is 24.3 Å². The topological polar surface area (TPSA) is 122 Å². The molecule has 0 bridgehead atoms. The first-order valence-electron chi connectivity index (χ1n) is 9.63. The zero-order valence-corrected chi connectivity index (χ0v) is 16.1. The van der Waals surface area contributed by atoms with Crippen LogP contribution in [0, 0.1) is 0 Å². The summed E-state index contributed by atoms with van der Waals surface area (Å²) in [5.41, 5.74) is 0.596. The highest BCUT2D eigenvalue weighted by atomic mass is 16.5. The van der Waals surface area contributed by atoms with E-state index >= 15 is 0 Å². The first-order chi connectivity index (χ1) is 13.9. The second-order valence-corrected chi connectivity index (χ2v) is 7.13. The van der Waals surface area contributed by atoms with Crippen molar-refractivity contribution in [1.82, 2.24) is 15.5 Å². The van der Waals surface area contributed by atoms with E-state index in [-0.39, 0.29) is 19.0 Å². The lowest BCUT2D eigenvalue weighted by Gasteiger charge is -2.17. The van der Waals surface area contributed by atoms with Gasteiger partial charge in [0.15, 0.2) is 6.10 Å². The summed E-state index contributed by atoms with van der Waals surface area (Å²) in [5.74, 6) is -2.42. The summed E-state index contributed by atoms with van der Waals surface area (Å²) >= 11 is 0. The largest absolute Gasteiger partial charge is 0.452 e. The third kappa shape index (κ3) is 4.79. The minimum atomic E-state index is -1.18. The van der Waals surface area contributed by atoms with Gasteiger partial charge in [0.2, 0.25) is 0 Å². The van der Waals surface area contributed by atoms with E-state index in [0.29, 0.717) is 11.1 Å². The molecule has 1 aromatic rings. The van der Waals surface area contributed by atoms with Crippen LogP contribution in [0.1, 0.15) is 59.7 Å². The molecule has 154 valence electrons. The van der Waals surface area contributed by atoms with Crippen molar-refractivity contribution in [2.24, 2.45) is 0 Å². The van der Waals surface area contributed by atoms with Crippen LogP contribution in [0.2, 0.25) is 0 Å². The van der Waals surface area contributed by atoms with Crippen LogP contribution in [0.25, 0.3) is 0 Å². The molecule has 1 aliphatic carbocycles. The fraction of sp³-hybridized carbons (Fsp3) is 0.450. The number of nitrogens with one attached hydrogen (secondary N) is 2. The number of hydrogen-bond donors (Lipinski definition) is 2. The molecule has 29 heavy (non-hydrogen) atoms. The summed E-state index contributed by atoms with van der Waals surface area (Å²) in [6.07, 6.45) is 2.41. The van der Waals surface area contributed by atoms with Crippen molar-refractivity contribution in [3.63, 3.8) is 0 Å². The molecule has 1 saturated carbocycles. The molecule has 0 unspecified atom stereocenters. The van der Waals surface area contributed by atoms with E-state index in [2.05, 4.69) is 10.6 Å². The van der Waals surface area contributed by atoms with Crippen LogP contribution in [0.15, 0.2) is 24.3 Å². The third-order valence-electron chi connectivity index (χ3n) is 5.02. The van der Waals surface area contributed by atoms with Gasteiger partial charge < -0.3 is 10.1 Å². The molecule has 5 amide bonds. The number of imide groups is 2. The normalized spacial score (nSPS) is 17.1. The average molecular weight is 401 g/mol. The highest BCUT2D eigenvalue weighted by Gasteiger charge is 2.35. The quantitative estimate of drug-likeness (QED) is 0.548. The summed E-state index contributed by atoms with van der Waals surface area (Å²) in [4.78, 5) is 61.3. The van der Waals surface area contributed by atoms with E-state index < -0.39 is 35.8 Å². The number of benzene rings is 1. The molecule has 2 N–H and O–H groups in total. The lowest BCUT2D eigenvalue weighted by molar-refractivity contribution is -0.154. The standard InChI is InChI=1S/C20H23N3O6/c1-12(17(25)22-20(28)21-13-6-2-3-7-13)29-16(24)10-11-23-18(26)14-8-4-5-9-15(14)19(23)27/h4-5,8-9,12-13H,2-3,6-7,10-11H2,1H3,(H2,21,22,25,28)/t12-/m0/s1. The zero-order valence-electron chi connectivity index (χ0n) is 16.1. The predicted octanol–water partition coefficient (Wildman–Crippen LogP) is 1.37. The summed E-state index contributed by atoms with van der Waals surface area (Å²) in [7, 11) is 0. The Bertz CT molecular complexity index is 811. The second-order valence-electron chi connectivity index (χ2n) is 7.13. The molecule has 1 aromatic carbocycles. The SMILES string of the molecule is C[C@H](OC(=O)CCN1C(=O)c2ccccc2C1=O)C(=O)NC(=O)NC1CCCC1. The molecule has 1 atom stereocenters. The lowest BCUT2D eigenvalue weighted by atomic mass is 10.1. The molecule has 1 aliphatic heterocycles. The fourth-order valence-corrected chi connectivity index (χ4v) is 3.46. The van der Waals surface area contributed by atoms with Crippen molar-refractivity contribution in [2.45, 2.75) is 51.2 Å². The maximum Gasteiger partial charge on any atom is 0.321 e. The number of ether oxygens (including phenoxy) is 1. The number of nitrogens with zero attached hydrogens (tertiary/aromatic N) is 1. The van der Waals surface area contributed by atoms with E-state index in [1.165, 1.54) is 6.92 Å². The average Bonchev–Trinajstić information content (AvgIpc) is 3.27. The van der Waals surface area contributed by atoms with Gasteiger partial charge in [-0.2, -0.15) is 0 Å². The molecule has 1 fully saturated rings. The van der Waals surface area contributed by atoms with E-state index in [1.807, 2.05) is 0 Å². The second kappa shape index (κ2) is 8.85. The molecular formula is C20H23N3O6. The van der Waals surface area contributed by atoms with Crippen LogP contribution in [0.3, 0.4) is 0 Å². The molecule has 2 aliphatic rings. The Balaban J connectivity index is 1.43.